The molecule has 0 aromatic rings. The molecule has 0 spiro atoms. The highest BCUT2D eigenvalue weighted by molar-refractivity contribution is 4.93. The third-order valence-corrected chi connectivity index (χ3v) is 10.2. The van der Waals surface area contributed by atoms with Gasteiger partial charge in [-0.05, 0) is 162 Å². The van der Waals surface area contributed by atoms with Crippen LogP contribution in [-0.2, 0) is 0 Å². The summed E-state index contributed by atoms with van der Waals surface area (Å²) < 4.78 is 0. The van der Waals surface area contributed by atoms with E-state index in [1.165, 1.54) is 104 Å². The summed E-state index contributed by atoms with van der Waals surface area (Å²) in [7, 11) is 0. The molecule has 0 radical (unpaired) electrons. The van der Waals surface area contributed by atoms with Gasteiger partial charge in [0, 0.05) is 30.7 Å². The Labute approximate surface area is 226 Å². The average molecular weight is 505 g/mol. The van der Waals surface area contributed by atoms with Crippen molar-refractivity contribution in [1.82, 2.24) is 20.0 Å². The van der Waals surface area contributed by atoms with E-state index in [9.17, 15) is 0 Å². The summed E-state index contributed by atoms with van der Waals surface area (Å²) in [6.07, 6.45) is 12.9. The normalized spacial score (nSPS) is 23.7. The van der Waals surface area contributed by atoms with Gasteiger partial charge in [0.2, 0.25) is 0 Å². The Morgan fingerprint density at radius 1 is 0.528 bits per heavy atom. The van der Waals surface area contributed by atoms with Crippen LogP contribution in [0.15, 0.2) is 0 Å². The lowest BCUT2D eigenvalue weighted by atomic mass is 9.64. The molecule has 0 saturated carbocycles. The van der Waals surface area contributed by atoms with Gasteiger partial charge in [0.25, 0.3) is 0 Å². The second kappa shape index (κ2) is 14.3. The van der Waals surface area contributed by atoms with Crippen LogP contribution < -0.4 is 5.32 Å². The molecule has 3 saturated heterocycles. The molecule has 3 aliphatic heterocycles. The standard InChI is InChI=1S/C32H64N4/c1-25(2)33-24-32(21-29-9-15-34(16-10-29)26(3)4,22-30-11-17-35(18-12-30)27(5)6)23-31-13-19-36(20-14-31)28(7)8/h25-31,33H,9-24H2,1-8H3. The third kappa shape index (κ3) is 9.24. The SMILES string of the molecule is CC(C)NCC(CC1CCN(C(C)C)CC1)(CC1CCN(C(C)C)CC1)CC1CCN(C(C)C)CC1. The summed E-state index contributed by atoms with van der Waals surface area (Å²) in [5.41, 5.74) is 0.476. The predicted octanol–water partition coefficient (Wildman–Crippen LogP) is 6.50. The maximum atomic E-state index is 4.00. The number of nitrogens with zero attached hydrogens (tertiary/aromatic N) is 3. The van der Waals surface area contributed by atoms with E-state index in [4.69, 9.17) is 0 Å². The van der Waals surface area contributed by atoms with Crippen molar-refractivity contribution in [3.8, 4) is 0 Å². The Hall–Kier alpha value is -0.160. The first kappa shape index (κ1) is 30.4. The van der Waals surface area contributed by atoms with Crippen LogP contribution in [0.4, 0.5) is 0 Å². The summed E-state index contributed by atoms with van der Waals surface area (Å²) in [5.74, 6) is 2.75. The Morgan fingerprint density at radius 2 is 0.806 bits per heavy atom. The Bertz CT molecular complexity index is 517. The number of likely N-dealkylation sites (tertiary alicyclic amines) is 3. The van der Waals surface area contributed by atoms with E-state index in [1.54, 1.807) is 0 Å². The van der Waals surface area contributed by atoms with Crippen LogP contribution in [-0.4, -0.2) is 84.7 Å². The van der Waals surface area contributed by atoms with Gasteiger partial charge in [-0.1, -0.05) is 13.8 Å². The van der Waals surface area contributed by atoms with Crippen LogP contribution in [0.3, 0.4) is 0 Å². The highest BCUT2D eigenvalue weighted by Crippen LogP contribution is 2.45. The lowest BCUT2D eigenvalue weighted by Crippen LogP contribution is -2.47. The predicted molar refractivity (Wildman–Crippen MR) is 158 cm³/mol. The van der Waals surface area contributed by atoms with E-state index in [0.717, 1.165) is 17.8 Å². The van der Waals surface area contributed by atoms with Crippen molar-refractivity contribution in [2.75, 3.05) is 45.8 Å². The molecule has 0 atom stereocenters. The molecule has 3 heterocycles. The minimum Gasteiger partial charge on any atom is -0.314 e. The smallest absolute Gasteiger partial charge is 0.00385 e. The second-order valence-electron chi connectivity index (χ2n) is 14.4. The summed E-state index contributed by atoms with van der Waals surface area (Å²) in [6.45, 7) is 28.1. The third-order valence-electron chi connectivity index (χ3n) is 10.2. The van der Waals surface area contributed by atoms with Gasteiger partial charge >= 0.3 is 0 Å². The lowest BCUT2D eigenvalue weighted by molar-refractivity contribution is 0.0435. The van der Waals surface area contributed by atoms with E-state index in [2.05, 4.69) is 75.4 Å². The van der Waals surface area contributed by atoms with Crippen molar-refractivity contribution in [2.45, 2.75) is 137 Å². The molecule has 0 aromatic heterocycles. The monoisotopic (exact) mass is 505 g/mol. The Balaban J connectivity index is 1.73. The molecule has 3 fully saturated rings. The molecule has 0 aromatic carbocycles. The number of hydrogen-bond acceptors (Lipinski definition) is 4. The topological polar surface area (TPSA) is 21.8 Å². The van der Waals surface area contributed by atoms with Gasteiger partial charge in [-0.15, -0.1) is 0 Å². The van der Waals surface area contributed by atoms with Gasteiger partial charge < -0.3 is 20.0 Å². The first-order valence-corrected chi connectivity index (χ1v) is 16.0. The zero-order valence-electron chi connectivity index (χ0n) is 25.7. The van der Waals surface area contributed by atoms with Crippen molar-refractivity contribution >= 4 is 0 Å². The van der Waals surface area contributed by atoms with Crippen LogP contribution >= 0.6 is 0 Å². The zero-order chi connectivity index (χ0) is 26.3. The van der Waals surface area contributed by atoms with E-state index in [-0.39, 0.29) is 0 Å². The van der Waals surface area contributed by atoms with Gasteiger partial charge in [-0.2, -0.15) is 0 Å². The molecule has 4 nitrogen and oxygen atoms in total. The van der Waals surface area contributed by atoms with Crippen molar-refractivity contribution in [3.05, 3.63) is 0 Å². The van der Waals surface area contributed by atoms with Crippen LogP contribution in [0.25, 0.3) is 0 Å². The molecule has 0 aliphatic carbocycles. The van der Waals surface area contributed by atoms with Crippen molar-refractivity contribution in [1.29, 1.82) is 0 Å². The first-order valence-electron chi connectivity index (χ1n) is 16.0. The average Bonchev–Trinajstić information content (AvgIpc) is 2.84. The van der Waals surface area contributed by atoms with E-state index >= 15 is 0 Å². The van der Waals surface area contributed by atoms with Crippen molar-refractivity contribution < 1.29 is 0 Å². The maximum absolute atomic E-state index is 4.00. The molecule has 3 aliphatic rings. The second-order valence-corrected chi connectivity index (χ2v) is 14.4. The van der Waals surface area contributed by atoms with Gasteiger partial charge in [-0.3, -0.25) is 0 Å². The van der Waals surface area contributed by atoms with Crippen molar-refractivity contribution in [3.63, 3.8) is 0 Å². The number of rotatable bonds is 12. The molecule has 3 rings (SSSR count). The fourth-order valence-corrected chi connectivity index (χ4v) is 7.74. The first-order chi connectivity index (χ1) is 17.1. The summed E-state index contributed by atoms with van der Waals surface area (Å²) in [5, 5.41) is 4.00. The van der Waals surface area contributed by atoms with Crippen LogP contribution in [0, 0.1) is 23.2 Å². The fourth-order valence-electron chi connectivity index (χ4n) is 7.74. The summed E-state index contributed by atoms with van der Waals surface area (Å²) in [6, 6.07) is 2.69. The molecular formula is C32H64N4. The molecule has 0 unspecified atom stereocenters. The number of hydrogen-bond donors (Lipinski definition) is 1. The maximum Gasteiger partial charge on any atom is 0.00385 e. The quantitative estimate of drug-likeness (QED) is 0.327. The molecule has 212 valence electrons. The van der Waals surface area contributed by atoms with Crippen LogP contribution in [0.1, 0.15) is 113 Å². The van der Waals surface area contributed by atoms with Gasteiger partial charge in [0.05, 0.1) is 0 Å². The minimum atomic E-state index is 0.476. The molecule has 4 heteroatoms. The highest BCUT2D eigenvalue weighted by atomic mass is 15.2. The number of nitrogens with one attached hydrogen (secondary N) is 1. The minimum absolute atomic E-state index is 0.476. The summed E-state index contributed by atoms with van der Waals surface area (Å²) >= 11 is 0. The Kier molecular flexibility index (Phi) is 12.1. The molecule has 0 amide bonds. The van der Waals surface area contributed by atoms with Gasteiger partial charge in [0.15, 0.2) is 0 Å². The van der Waals surface area contributed by atoms with E-state index < -0.39 is 0 Å². The van der Waals surface area contributed by atoms with E-state index in [0.29, 0.717) is 29.6 Å². The fraction of sp³-hybridized carbons (Fsp3) is 1.00. The van der Waals surface area contributed by atoms with Gasteiger partial charge in [0.1, 0.15) is 0 Å². The van der Waals surface area contributed by atoms with Crippen LogP contribution in [0.2, 0.25) is 0 Å². The highest BCUT2D eigenvalue weighted by Gasteiger charge is 2.40. The van der Waals surface area contributed by atoms with Gasteiger partial charge in [-0.25, -0.2) is 0 Å². The summed E-state index contributed by atoms with van der Waals surface area (Å²) in [4.78, 5) is 8.15. The molecule has 1 N–H and O–H groups in total. The zero-order valence-corrected chi connectivity index (χ0v) is 25.7. The molecular weight excluding hydrogens is 440 g/mol. The largest absolute Gasteiger partial charge is 0.314 e. The molecule has 36 heavy (non-hydrogen) atoms. The molecule has 0 bridgehead atoms. The van der Waals surface area contributed by atoms with Crippen LogP contribution in [0.5, 0.6) is 0 Å². The van der Waals surface area contributed by atoms with E-state index in [1.807, 2.05) is 0 Å². The number of piperidine rings is 3. The Morgan fingerprint density at radius 3 is 1.03 bits per heavy atom. The lowest BCUT2D eigenvalue weighted by Gasteiger charge is -2.47. The van der Waals surface area contributed by atoms with Crippen molar-refractivity contribution in [2.24, 2.45) is 23.2 Å².